The lowest BCUT2D eigenvalue weighted by molar-refractivity contribution is -0.149. The number of carbonyl (C=O) groups excluding carboxylic acids is 2. The molecule has 1 aromatic carbocycles. The van der Waals surface area contributed by atoms with E-state index in [9.17, 15) is 14.4 Å². The highest BCUT2D eigenvalue weighted by molar-refractivity contribution is 5.81. The number of likely N-dealkylation sites (N-methyl/N-ethyl adjacent to an activating group) is 1. The van der Waals surface area contributed by atoms with Gasteiger partial charge in [-0.2, -0.15) is 0 Å². The van der Waals surface area contributed by atoms with E-state index in [1.165, 1.54) is 11.6 Å². The van der Waals surface area contributed by atoms with Gasteiger partial charge in [-0.15, -0.1) is 0 Å². The topological polar surface area (TPSA) is 90.3 Å². The molecule has 1 amide bonds. The Labute approximate surface area is 114 Å². The van der Waals surface area contributed by atoms with Gasteiger partial charge < -0.3 is 10.1 Å². The van der Waals surface area contributed by atoms with Crippen LogP contribution in [0.1, 0.15) is 0 Å². The first-order valence-electron chi connectivity index (χ1n) is 5.92. The molecule has 20 heavy (non-hydrogen) atoms. The van der Waals surface area contributed by atoms with Crippen LogP contribution in [0.3, 0.4) is 0 Å². The number of esters is 1. The van der Waals surface area contributed by atoms with E-state index in [0.29, 0.717) is 11.0 Å². The van der Waals surface area contributed by atoms with Crippen LogP contribution in [0.4, 0.5) is 0 Å². The summed E-state index contributed by atoms with van der Waals surface area (Å²) >= 11 is 0. The quantitative estimate of drug-likeness (QED) is 0.773. The summed E-state index contributed by atoms with van der Waals surface area (Å²) in [6.45, 7) is -0.633. The van der Waals surface area contributed by atoms with Gasteiger partial charge in [0.05, 0.1) is 17.2 Å². The molecule has 2 aromatic rings. The summed E-state index contributed by atoms with van der Waals surface area (Å²) in [4.78, 5) is 38.4. The van der Waals surface area contributed by atoms with Gasteiger partial charge in [-0.25, -0.2) is 4.98 Å². The number of ether oxygens (including phenoxy) is 1. The first-order chi connectivity index (χ1) is 9.61. The normalized spacial score (nSPS) is 10.2. The van der Waals surface area contributed by atoms with E-state index in [-0.39, 0.29) is 13.2 Å². The van der Waals surface area contributed by atoms with Crippen LogP contribution in [-0.2, 0) is 20.9 Å². The molecule has 0 spiro atoms. The molecule has 7 heteroatoms. The molecule has 0 radical (unpaired) electrons. The molecule has 0 saturated heterocycles. The Morgan fingerprint density at radius 2 is 2.10 bits per heavy atom. The smallest absolute Gasteiger partial charge is 0.326 e. The molecule has 0 aliphatic rings. The molecule has 0 aliphatic carbocycles. The van der Waals surface area contributed by atoms with Crippen molar-refractivity contribution in [2.24, 2.45) is 0 Å². The molecule has 104 valence electrons. The third-order valence-electron chi connectivity index (χ3n) is 2.68. The van der Waals surface area contributed by atoms with Crippen molar-refractivity contribution in [1.29, 1.82) is 0 Å². The monoisotopic (exact) mass is 275 g/mol. The number of amides is 1. The Kier molecular flexibility index (Phi) is 4.09. The van der Waals surface area contributed by atoms with Gasteiger partial charge in [-0.3, -0.25) is 19.0 Å². The molecule has 1 heterocycles. The van der Waals surface area contributed by atoms with Gasteiger partial charge in [0.1, 0.15) is 6.54 Å². The lowest BCUT2D eigenvalue weighted by Crippen LogP contribution is -2.29. The van der Waals surface area contributed by atoms with E-state index in [1.54, 1.807) is 24.3 Å². The highest BCUT2D eigenvalue weighted by atomic mass is 16.5. The highest BCUT2D eigenvalue weighted by Gasteiger charge is 2.11. The molecule has 0 fully saturated rings. The number of nitrogens with zero attached hydrogens (tertiary/aromatic N) is 2. The number of hydrogen-bond acceptors (Lipinski definition) is 5. The van der Waals surface area contributed by atoms with Gasteiger partial charge in [0.15, 0.2) is 6.61 Å². The minimum Gasteiger partial charge on any atom is -0.454 e. The number of rotatable bonds is 4. The summed E-state index contributed by atoms with van der Waals surface area (Å²) in [5.41, 5.74) is 0.740. The second-order valence-corrected chi connectivity index (χ2v) is 4.01. The Bertz CT molecular complexity index is 708. The standard InChI is InChI=1S/C13H13N3O4/c1-14-11(17)8-20-13(19)7-16-10-5-3-2-4-9(10)15-6-12(16)18/h2-6H,7-8H2,1H3,(H,14,17). The molecule has 0 saturated carbocycles. The van der Waals surface area contributed by atoms with Gasteiger partial charge in [0, 0.05) is 7.05 Å². The number of fused-ring (bicyclic) bond motifs is 1. The number of aromatic nitrogens is 2. The number of hydrogen-bond donors (Lipinski definition) is 1. The fourth-order valence-corrected chi connectivity index (χ4v) is 1.67. The van der Waals surface area contributed by atoms with Crippen LogP contribution >= 0.6 is 0 Å². The Hall–Kier alpha value is -2.70. The van der Waals surface area contributed by atoms with Crippen LogP contribution < -0.4 is 10.9 Å². The van der Waals surface area contributed by atoms with E-state index in [0.717, 1.165) is 6.20 Å². The summed E-state index contributed by atoms with van der Waals surface area (Å²) in [6, 6.07) is 6.96. The molecular formula is C13H13N3O4. The fraction of sp³-hybridized carbons (Fsp3) is 0.231. The predicted octanol–water partition coefficient (Wildman–Crippen LogP) is -0.314. The molecule has 1 aromatic heterocycles. The predicted molar refractivity (Wildman–Crippen MR) is 71.0 cm³/mol. The maximum atomic E-state index is 11.8. The van der Waals surface area contributed by atoms with Crippen LogP contribution in [0.25, 0.3) is 11.0 Å². The molecule has 0 atom stereocenters. The molecule has 0 bridgehead atoms. The van der Waals surface area contributed by atoms with Gasteiger partial charge in [0.25, 0.3) is 11.5 Å². The molecule has 0 aliphatic heterocycles. The van der Waals surface area contributed by atoms with E-state index in [2.05, 4.69) is 10.3 Å². The summed E-state index contributed by atoms with van der Waals surface area (Å²) < 4.78 is 6.03. The summed E-state index contributed by atoms with van der Waals surface area (Å²) in [5, 5.41) is 2.33. The second-order valence-electron chi connectivity index (χ2n) is 4.01. The summed E-state index contributed by atoms with van der Waals surface area (Å²) in [7, 11) is 1.44. The van der Waals surface area contributed by atoms with E-state index < -0.39 is 17.4 Å². The van der Waals surface area contributed by atoms with Crippen molar-refractivity contribution >= 4 is 22.9 Å². The fourth-order valence-electron chi connectivity index (χ4n) is 1.67. The van der Waals surface area contributed by atoms with Crippen molar-refractivity contribution in [2.45, 2.75) is 6.54 Å². The lowest BCUT2D eigenvalue weighted by atomic mass is 10.3. The molecule has 0 unspecified atom stereocenters. The Morgan fingerprint density at radius 1 is 1.35 bits per heavy atom. The zero-order valence-corrected chi connectivity index (χ0v) is 10.8. The van der Waals surface area contributed by atoms with Crippen LogP contribution in [-0.4, -0.2) is 35.1 Å². The average molecular weight is 275 g/mol. The minimum absolute atomic E-state index is 0.265. The van der Waals surface area contributed by atoms with Crippen molar-refractivity contribution in [3.63, 3.8) is 0 Å². The third kappa shape index (κ3) is 3.00. The van der Waals surface area contributed by atoms with Crippen LogP contribution in [0.15, 0.2) is 35.3 Å². The molecule has 2 rings (SSSR count). The van der Waals surface area contributed by atoms with Crippen molar-refractivity contribution in [3.8, 4) is 0 Å². The number of para-hydroxylation sites is 2. The van der Waals surface area contributed by atoms with Gasteiger partial charge in [-0.05, 0) is 12.1 Å². The maximum Gasteiger partial charge on any atom is 0.326 e. The van der Waals surface area contributed by atoms with Crippen LogP contribution in [0.5, 0.6) is 0 Å². The number of carbonyl (C=O) groups is 2. The zero-order valence-electron chi connectivity index (χ0n) is 10.8. The van der Waals surface area contributed by atoms with E-state index in [4.69, 9.17) is 4.74 Å². The minimum atomic E-state index is -0.660. The highest BCUT2D eigenvalue weighted by Crippen LogP contribution is 2.08. The van der Waals surface area contributed by atoms with Crippen molar-refractivity contribution < 1.29 is 14.3 Å². The second kappa shape index (κ2) is 5.96. The first-order valence-corrected chi connectivity index (χ1v) is 5.92. The maximum absolute atomic E-state index is 11.8. The molecule has 1 N–H and O–H groups in total. The van der Waals surface area contributed by atoms with Crippen molar-refractivity contribution in [3.05, 3.63) is 40.8 Å². The number of benzene rings is 1. The van der Waals surface area contributed by atoms with Crippen molar-refractivity contribution in [2.75, 3.05) is 13.7 Å². The Balaban J connectivity index is 2.21. The van der Waals surface area contributed by atoms with Crippen LogP contribution in [0.2, 0.25) is 0 Å². The average Bonchev–Trinajstić information content (AvgIpc) is 2.47. The largest absolute Gasteiger partial charge is 0.454 e. The third-order valence-corrected chi connectivity index (χ3v) is 2.68. The SMILES string of the molecule is CNC(=O)COC(=O)Cn1c(=O)cnc2ccccc21. The molecule has 7 nitrogen and oxygen atoms in total. The van der Waals surface area contributed by atoms with E-state index in [1.807, 2.05) is 0 Å². The first kappa shape index (κ1) is 13.7. The lowest BCUT2D eigenvalue weighted by Gasteiger charge is -2.09. The van der Waals surface area contributed by atoms with Crippen molar-refractivity contribution in [1.82, 2.24) is 14.9 Å². The summed E-state index contributed by atoms with van der Waals surface area (Å²) in [5.74, 6) is -1.07. The van der Waals surface area contributed by atoms with Gasteiger partial charge >= 0.3 is 5.97 Å². The van der Waals surface area contributed by atoms with Gasteiger partial charge in [0.2, 0.25) is 0 Å². The number of nitrogens with one attached hydrogen (secondary N) is 1. The Morgan fingerprint density at radius 3 is 2.85 bits per heavy atom. The molecular weight excluding hydrogens is 262 g/mol. The summed E-state index contributed by atoms with van der Waals surface area (Å²) in [6.07, 6.45) is 1.15. The van der Waals surface area contributed by atoms with E-state index >= 15 is 0 Å². The zero-order chi connectivity index (χ0) is 14.5. The van der Waals surface area contributed by atoms with Crippen LogP contribution in [0, 0.1) is 0 Å². The van der Waals surface area contributed by atoms with Gasteiger partial charge in [-0.1, -0.05) is 12.1 Å².